The van der Waals surface area contributed by atoms with Gasteiger partial charge in [0.1, 0.15) is 5.02 Å². The lowest BCUT2D eigenvalue weighted by atomic mass is 10.0. The number of rotatable bonds is 1. The van der Waals surface area contributed by atoms with Crippen molar-refractivity contribution in [2.24, 2.45) is 0 Å². The molecular weight excluding hydrogens is 362 g/mol. The third-order valence-corrected chi connectivity index (χ3v) is 4.57. The highest BCUT2D eigenvalue weighted by Gasteiger charge is 2.11. The number of hydrogen-bond acceptors (Lipinski definition) is 5. The highest BCUT2D eigenvalue weighted by atomic mass is 35.5. The molecule has 3 aromatic rings. The minimum atomic E-state index is -0.0930. The lowest BCUT2D eigenvalue weighted by Gasteiger charge is -2.14. The second-order valence-corrected chi connectivity index (χ2v) is 6.80. The molecule has 1 aliphatic rings. The molecule has 0 saturated heterocycles. The van der Waals surface area contributed by atoms with Crippen LogP contribution >= 0.6 is 11.6 Å². The third kappa shape index (κ3) is 4.01. The fourth-order valence-corrected chi connectivity index (χ4v) is 3.19. The molecule has 2 heterocycles. The van der Waals surface area contributed by atoms with Crippen LogP contribution in [0.25, 0.3) is 0 Å². The van der Waals surface area contributed by atoms with Crippen LogP contribution in [-0.2, 0) is 17.6 Å². The smallest absolute Gasteiger partial charge is 0.229 e. The van der Waals surface area contributed by atoms with Gasteiger partial charge in [-0.15, -0.1) is 0 Å². The number of amides is 1. The van der Waals surface area contributed by atoms with Gasteiger partial charge in [-0.2, -0.15) is 4.98 Å². The maximum absolute atomic E-state index is 11.5. The van der Waals surface area contributed by atoms with Crippen molar-refractivity contribution in [2.45, 2.75) is 19.8 Å². The summed E-state index contributed by atoms with van der Waals surface area (Å²) in [5, 5.41) is 9.79. The quantitative estimate of drug-likeness (QED) is 0.572. The molecule has 6 nitrogen and oxygen atoms in total. The molecule has 1 amide bonds. The van der Waals surface area contributed by atoms with Crippen LogP contribution in [-0.4, -0.2) is 15.9 Å². The van der Waals surface area contributed by atoms with E-state index in [4.69, 9.17) is 11.6 Å². The van der Waals surface area contributed by atoms with E-state index in [9.17, 15) is 4.79 Å². The molecule has 0 aliphatic carbocycles. The summed E-state index contributed by atoms with van der Waals surface area (Å²) in [7, 11) is 0. The van der Waals surface area contributed by atoms with Crippen LogP contribution < -0.4 is 16.0 Å². The SMILES string of the molecule is CC(=O)Nc1ccc2cc1CCc1cccc(c1)Nc1ncc(Cl)c(n1)N2. The number of carbonyl (C=O) groups is 1. The van der Waals surface area contributed by atoms with Gasteiger partial charge in [0.05, 0.1) is 6.20 Å². The summed E-state index contributed by atoms with van der Waals surface area (Å²) in [5.41, 5.74) is 4.79. The minimum absolute atomic E-state index is 0.0930. The molecule has 0 spiro atoms. The third-order valence-electron chi connectivity index (χ3n) is 4.29. The molecule has 0 unspecified atom stereocenters. The molecule has 1 aliphatic heterocycles. The first kappa shape index (κ1) is 17.3. The van der Waals surface area contributed by atoms with Crippen molar-refractivity contribution in [1.29, 1.82) is 0 Å². The van der Waals surface area contributed by atoms with Gasteiger partial charge in [-0.25, -0.2) is 4.98 Å². The second-order valence-electron chi connectivity index (χ2n) is 6.39. The predicted molar refractivity (Wildman–Crippen MR) is 108 cm³/mol. The number of benzene rings is 2. The van der Waals surface area contributed by atoms with Gasteiger partial charge >= 0.3 is 0 Å². The maximum atomic E-state index is 11.5. The first-order valence-corrected chi connectivity index (χ1v) is 9.01. The van der Waals surface area contributed by atoms with E-state index in [-0.39, 0.29) is 5.91 Å². The van der Waals surface area contributed by atoms with E-state index in [1.807, 2.05) is 30.3 Å². The van der Waals surface area contributed by atoms with Crippen molar-refractivity contribution in [1.82, 2.24) is 9.97 Å². The van der Waals surface area contributed by atoms with Crippen molar-refractivity contribution >= 4 is 46.3 Å². The van der Waals surface area contributed by atoms with Gasteiger partial charge in [0.25, 0.3) is 0 Å². The molecule has 0 atom stereocenters. The first-order valence-electron chi connectivity index (χ1n) is 8.63. The summed E-state index contributed by atoms with van der Waals surface area (Å²) in [5.74, 6) is 0.890. The number of aromatic nitrogens is 2. The van der Waals surface area contributed by atoms with Crippen LogP contribution in [0.2, 0.25) is 5.02 Å². The Hall–Kier alpha value is -3.12. The Balaban J connectivity index is 1.81. The maximum Gasteiger partial charge on any atom is 0.229 e. The first-order chi connectivity index (χ1) is 13.1. The largest absolute Gasteiger partial charge is 0.339 e. The van der Waals surface area contributed by atoms with Crippen LogP contribution in [0, 0.1) is 0 Å². The molecule has 4 rings (SSSR count). The number of halogens is 1. The van der Waals surface area contributed by atoms with Crippen LogP contribution in [0.3, 0.4) is 0 Å². The molecule has 1 aromatic heterocycles. The molecule has 136 valence electrons. The van der Waals surface area contributed by atoms with Crippen molar-refractivity contribution < 1.29 is 4.79 Å². The highest BCUT2D eigenvalue weighted by molar-refractivity contribution is 6.32. The summed E-state index contributed by atoms with van der Waals surface area (Å²) in [4.78, 5) is 20.3. The van der Waals surface area contributed by atoms with E-state index in [0.29, 0.717) is 16.8 Å². The van der Waals surface area contributed by atoms with Crippen molar-refractivity contribution in [2.75, 3.05) is 16.0 Å². The van der Waals surface area contributed by atoms with Gasteiger partial charge < -0.3 is 16.0 Å². The standard InChI is InChI=1S/C20H18ClN5O/c1-12(27)23-18-8-7-16-10-14(18)6-5-13-3-2-4-15(9-13)25-20-22-11-17(21)19(24-16)26-20/h2-4,7-11H,5-6H2,1H3,(H,23,27)(H2,22,24,25,26). The lowest BCUT2D eigenvalue weighted by molar-refractivity contribution is -0.114. The molecule has 3 N–H and O–H groups in total. The Kier molecular flexibility index (Phi) is 4.64. The Morgan fingerprint density at radius 2 is 1.96 bits per heavy atom. The molecule has 0 radical (unpaired) electrons. The number of carbonyl (C=O) groups excluding carboxylic acids is 1. The molecule has 7 heteroatoms. The molecule has 0 fully saturated rings. The summed E-state index contributed by atoms with van der Waals surface area (Å²) < 4.78 is 0. The van der Waals surface area contributed by atoms with Gasteiger partial charge in [0.2, 0.25) is 11.9 Å². The van der Waals surface area contributed by atoms with Crippen LogP contribution in [0.1, 0.15) is 18.1 Å². The van der Waals surface area contributed by atoms with Gasteiger partial charge in [0, 0.05) is 24.0 Å². The number of fused-ring (bicyclic) bond motifs is 6. The molecule has 27 heavy (non-hydrogen) atoms. The number of nitrogens with zero attached hydrogens (tertiary/aromatic N) is 2. The summed E-state index contributed by atoms with van der Waals surface area (Å²) >= 11 is 6.26. The predicted octanol–water partition coefficient (Wildman–Crippen LogP) is 4.67. The number of hydrogen-bond donors (Lipinski definition) is 3. The molecular formula is C20H18ClN5O. The minimum Gasteiger partial charge on any atom is -0.339 e. The van der Waals surface area contributed by atoms with E-state index in [1.54, 1.807) is 6.20 Å². The summed E-state index contributed by atoms with van der Waals surface area (Å²) in [6, 6.07) is 13.9. The van der Waals surface area contributed by atoms with Crippen molar-refractivity contribution in [3.63, 3.8) is 0 Å². The second kappa shape index (κ2) is 7.25. The van der Waals surface area contributed by atoms with Crippen molar-refractivity contribution in [3.05, 3.63) is 64.8 Å². The summed E-state index contributed by atoms with van der Waals surface area (Å²) in [6.45, 7) is 1.51. The van der Waals surface area contributed by atoms with E-state index in [0.717, 1.165) is 35.5 Å². The van der Waals surface area contributed by atoms with Gasteiger partial charge in [-0.3, -0.25) is 4.79 Å². The number of aryl methyl sites for hydroxylation is 2. The zero-order chi connectivity index (χ0) is 18.8. The van der Waals surface area contributed by atoms with E-state index in [1.165, 1.54) is 12.5 Å². The van der Waals surface area contributed by atoms with Crippen LogP contribution in [0.5, 0.6) is 0 Å². The molecule has 6 bridgehead atoms. The average Bonchev–Trinajstić information content (AvgIpc) is 2.64. The highest BCUT2D eigenvalue weighted by Crippen LogP contribution is 2.29. The Morgan fingerprint density at radius 3 is 2.81 bits per heavy atom. The zero-order valence-electron chi connectivity index (χ0n) is 14.7. The van der Waals surface area contributed by atoms with E-state index >= 15 is 0 Å². The van der Waals surface area contributed by atoms with Crippen LogP contribution in [0.15, 0.2) is 48.7 Å². The van der Waals surface area contributed by atoms with Gasteiger partial charge in [-0.05, 0) is 54.3 Å². The fourth-order valence-electron chi connectivity index (χ4n) is 3.05. The topological polar surface area (TPSA) is 78.9 Å². The van der Waals surface area contributed by atoms with Crippen LogP contribution in [0.4, 0.5) is 28.8 Å². The Morgan fingerprint density at radius 1 is 1.11 bits per heavy atom. The number of anilines is 5. The van der Waals surface area contributed by atoms with Gasteiger partial charge in [-0.1, -0.05) is 23.7 Å². The molecule has 0 saturated carbocycles. The average molecular weight is 380 g/mol. The number of nitrogens with one attached hydrogen (secondary N) is 3. The Bertz CT molecular complexity index is 1020. The van der Waals surface area contributed by atoms with E-state index < -0.39 is 0 Å². The van der Waals surface area contributed by atoms with E-state index in [2.05, 4.69) is 38.1 Å². The fraction of sp³-hybridized carbons (Fsp3) is 0.150. The monoisotopic (exact) mass is 379 g/mol. The molecule has 2 aromatic carbocycles. The normalized spacial score (nSPS) is 12.5. The van der Waals surface area contributed by atoms with Gasteiger partial charge in [0.15, 0.2) is 5.82 Å². The van der Waals surface area contributed by atoms with Crippen molar-refractivity contribution in [3.8, 4) is 0 Å². The summed E-state index contributed by atoms with van der Waals surface area (Å²) in [6.07, 6.45) is 3.19. The Labute approximate surface area is 162 Å². The lowest BCUT2D eigenvalue weighted by Crippen LogP contribution is -2.09. The zero-order valence-corrected chi connectivity index (χ0v) is 15.5.